The first-order valence-corrected chi connectivity index (χ1v) is 11.6. The first-order chi connectivity index (χ1) is 17.0. The van der Waals surface area contributed by atoms with E-state index in [1.54, 1.807) is 37.9 Å². The number of aromatic nitrogens is 2. The zero-order valence-electron chi connectivity index (χ0n) is 20.3. The monoisotopic (exact) mass is 503 g/mol. The number of anilines is 2. The Kier molecular flexibility index (Phi) is 7.09. The van der Waals surface area contributed by atoms with Crippen molar-refractivity contribution < 1.29 is 27.4 Å². The lowest BCUT2D eigenvalue weighted by molar-refractivity contribution is -0.137. The fourth-order valence-electron chi connectivity index (χ4n) is 3.98. The van der Waals surface area contributed by atoms with E-state index in [-0.39, 0.29) is 18.2 Å². The molecule has 8 nitrogen and oxygen atoms in total. The van der Waals surface area contributed by atoms with Gasteiger partial charge in [-0.25, -0.2) is 9.97 Å². The summed E-state index contributed by atoms with van der Waals surface area (Å²) < 4.78 is 51.8. The van der Waals surface area contributed by atoms with Crippen molar-refractivity contribution in [3.63, 3.8) is 0 Å². The Morgan fingerprint density at radius 2 is 1.81 bits per heavy atom. The van der Waals surface area contributed by atoms with Gasteiger partial charge < -0.3 is 25.4 Å². The Balaban J connectivity index is 1.69. The van der Waals surface area contributed by atoms with E-state index in [0.717, 1.165) is 12.1 Å². The third kappa shape index (κ3) is 5.72. The summed E-state index contributed by atoms with van der Waals surface area (Å²) in [5.74, 6) is 1.91. The summed E-state index contributed by atoms with van der Waals surface area (Å²) in [4.78, 5) is 22.7. The molecule has 3 aromatic rings. The maximum absolute atomic E-state index is 13.3. The first-order valence-electron chi connectivity index (χ1n) is 11.6. The van der Waals surface area contributed by atoms with Crippen LogP contribution < -0.4 is 20.5 Å². The highest BCUT2D eigenvalue weighted by atomic mass is 19.4. The highest BCUT2D eigenvalue weighted by molar-refractivity contribution is 5.92. The Labute approximate surface area is 206 Å². The van der Waals surface area contributed by atoms with Gasteiger partial charge in [0.15, 0.2) is 11.5 Å². The van der Waals surface area contributed by atoms with Crippen LogP contribution in [0.15, 0.2) is 30.3 Å². The summed E-state index contributed by atoms with van der Waals surface area (Å²) in [6.07, 6.45) is -3.56. The second-order valence-electron chi connectivity index (χ2n) is 8.80. The molecule has 0 unspecified atom stereocenters. The third-order valence-electron chi connectivity index (χ3n) is 5.93. The number of amides is 1. The number of nitrogens with zero attached hydrogens (tertiary/aromatic N) is 3. The number of ether oxygens (including phenoxy) is 2. The number of alkyl halides is 3. The first kappa shape index (κ1) is 25.3. The molecular formula is C25H28F3N5O3. The average molecular weight is 504 g/mol. The SMILES string of the molecule is Cc1nc(N[C@H](C)c2cc(N)cc(C(F)(F)F)c2)c2cc3c(cc2n1)OCCCC(=O)N(C)CCO3. The normalized spacial score (nSPS) is 15.9. The van der Waals surface area contributed by atoms with E-state index in [9.17, 15) is 18.0 Å². The number of likely N-dealkylation sites (N-methyl/N-ethyl adjacent to an activating group) is 1. The Bertz CT molecular complexity index is 1280. The van der Waals surface area contributed by atoms with Gasteiger partial charge in [0.05, 0.1) is 30.3 Å². The van der Waals surface area contributed by atoms with E-state index in [0.29, 0.717) is 65.6 Å². The van der Waals surface area contributed by atoms with Crippen LogP contribution in [-0.4, -0.2) is 47.6 Å². The maximum atomic E-state index is 13.3. The fourth-order valence-corrected chi connectivity index (χ4v) is 3.98. The van der Waals surface area contributed by atoms with Crippen molar-refractivity contribution in [1.82, 2.24) is 14.9 Å². The van der Waals surface area contributed by atoms with E-state index in [4.69, 9.17) is 15.2 Å². The molecule has 4 rings (SSSR count). The smallest absolute Gasteiger partial charge is 0.416 e. The van der Waals surface area contributed by atoms with Crippen LogP contribution in [0.25, 0.3) is 10.9 Å². The average Bonchev–Trinajstić information content (AvgIpc) is 2.83. The van der Waals surface area contributed by atoms with Gasteiger partial charge in [-0.3, -0.25) is 4.79 Å². The number of hydrogen-bond donors (Lipinski definition) is 2. The molecule has 0 aliphatic carbocycles. The molecule has 2 aromatic carbocycles. The Hall–Kier alpha value is -3.76. The highest BCUT2D eigenvalue weighted by Crippen LogP contribution is 2.37. The number of fused-ring (bicyclic) bond motifs is 2. The third-order valence-corrected chi connectivity index (χ3v) is 5.93. The summed E-state index contributed by atoms with van der Waals surface area (Å²) in [7, 11) is 1.73. The number of nitrogens with two attached hydrogens (primary N) is 1. The van der Waals surface area contributed by atoms with E-state index in [1.807, 2.05) is 0 Å². The predicted octanol–water partition coefficient (Wildman–Crippen LogP) is 4.72. The predicted molar refractivity (Wildman–Crippen MR) is 130 cm³/mol. The van der Waals surface area contributed by atoms with E-state index in [2.05, 4.69) is 15.3 Å². The number of benzene rings is 2. The molecule has 1 aliphatic heterocycles. The minimum absolute atomic E-state index is 0.0236. The number of carbonyl (C=O) groups is 1. The number of halogens is 3. The molecule has 0 saturated carbocycles. The van der Waals surface area contributed by atoms with Gasteiger partial charge in [0.1, 0.15) is 18.2 Å². The molecule has 1 amide bonds. The molecule has 0 spiro atoms. The summed E-state index contributed by atoms with van der Waals surface area (Å²) in [5.41, 5.74) is 5.92. The maximum Gasteiger partial charge on any atom is 0.416 e. The van der Waals surface area contributed by atoms with E-state index < -0.39 is 17.8 Å². The number of nitrogen functional groups attached to an aromatic ring is 1. The molecule has 0 bridgehead atoms. The van der Waals surface area contributed by atoms with Gasteiger partial charge in [-0.2, -0.15) is 13.2 Å². The van der Waals surface area contributed by atoms with Crippen LogP contribution in [-0.2, 0) is 11.0 Å². The molecule has 192 valence electrons. The summed E-state index contributed by atoms with van der Waals surface area (Å²) in [6, 6.07) is 6.45. The molecule has 0 saturated heterocycles. The van der Waals surface area contributed by atoms with E-state index >= 15 is 0 Å². The molecule has 3 N–H and O–H groups in total. The fraction of sp³-hybridized carbons (Fsp3) is 0.400. The molecule has 0 radical (unpaired) electrons. The lowest BCUT2D eigenvalue weighted by Gasteiger charge is -2.20. The van der Waals surface area contributed by atoms with Crippen molar-refractivity contribution in [3.05, 3.63) is 47.3 Å². The molecule has 36 heavy (non-hydrogen) atoms. The number of carbonyl (C=O) groups excluding carboxylic acids is 1. The zero-order valence-corrected chi connectivity index (χ0v) is 20.3. The van der Waals surface area contributed by atoms with Crippen molar-refractivity contribution in [1.29, 1.82) is 0 Å². The van der Waals surface area contributed by atoms with Gasteiger partial charge in [-0.05, 0) is 50.1 Å². The van der Waals surface area contributed by atoms with Crippen LogP contribution in [0.2, 0.25) is 0 Å². The molecule has 0 fully saturated rings. The van der Waals surface area contributed by atoms with Crippen LogP contribution in [0.5, 0.6) is 11.5 Å². The molecule has 1 aliphatic rings. The minimum Gasteiger partial charge on any atom is -0.490 e. The largest absolute Gasteiger partial charge is 0.490 e. The quantitative estimate of drug-likeness (QED) is 0.499. The molecule has 11 heteroatoms. The lowest BCUT2D eigenvalue weighted by atomic mass is 10.0. The standard InChI is InChI=1S/C25H28F3N5O3/c1-14(16-9-17(25(26,27)28)11-18(29)10-16)30-24-19-12-21-22(13-20(19)31-15(2)32-24)35-7-4-5-23(34)33(3)6-8-36-21/h9-14H,4-8,29H2,1-3H3,(H,30,31,32)/t14-/m1/s1. The van der Waals surface area contributed by atoms with Crippen LogP contribution in [0, 0.1) is 6.92 Å². The van der Waals surface area contributed by atoms with Crippen molar-refractivity contribution in [3.8, 4) is 11.5 Å². The molecular weight excluding hydrogens is 475 g/mol. The van der Waals surface area contributed by atoms with E-state index in [1.165, 1.54) is 6.07 Å². The van der Waals surface area contributed by atoms with Crippen LogP contribution in [0.4, 0.5) is 24.7 Å². The number of rotatable bonds is 3. The lowest BCUT2D eigenvalue weighted by Crippen LogP contribution is -2.30. The van der Waals surface area contributed by atoms with Crippen LogP contribution >= 0.6 is 0 Å². The summed E-state index contributed by atoms with van der Waals surface area (Å²) in [5, 5.41) is 3.82. The molecule has 1 atom stereocenters. The van der Waals surface area contributed by atoms with Gasteiger partial charge >= 0.3 is 6.18 Å². The Morgan fingerprint density at radius 3 is 2.56 bits per heavy atom. The van der Waals surface area contributed by atoms with Crippen LogP contribution in [0.3, 0.4) is 0 Å². The zero-order chi connectivity index (χ0) is 26.0. The Morgan fingerprint density at radius 1 is 1.08 bits per heavy atom. The van der Waals surface area contributed by atoms with Gasteiger partial charge in [0, 0.05) is 30.6 Å². The van der Waals surface area contributed by atoms with Crippen LogP contribution in [0.1, 0.15) is 42.8 Å². The van der Waals surface area contributed by atoms with Crippen molar-refractivity contribution in [2.45, 2.75) is 38.9 Å². The second kappa shape index (κ2) is 10.1. The van der Waals surface area contributed by atoms with Crippen molar-refractivity contribution >= 4 is 28.3 Å². The topological polar surface area (TPSA) is 103 Å². The highest BCUT2D eigenvalue weighted by Gasteiger charge is 2.31. The van der Waals surface area contributed by atoms with Gasteiger partial charge in [-0.15, -0.1) is 0 Å². The number of nitrogens with one attached hydrogen (secondary N) is 1. The summed E-state index contributed by atoms with van der Waals surface area (Å²) in [6.45, 7) is 4.48. The molecule has 2 heterocycles. The minimum atomic E-state index is -4.51. The van der Waals surface area contributed by atoms with Gasteiger partial charge in [0.25, 0.3) is 0 Å². The number of aryl methyl sites for hydroxylation is 1. The van der Waals surface area contributed by atoms with Gasteiger partial charge in [0.2, 0.25) is 5.91 Å². The summed E-state index contributed by atoms with van der Waals surface area (Å²) >= 11 is 0. The number of hydrogen-bond acceptors (Lipinski definition) is 7. The van der Waals surface area contributed by atoms with Crippen molar-refractivity contribution in [2.24, 2.45) is 0 Å². The van der Waals surface area contributed by atoms with Crippen molar-refractivity contribution in [2.75, 3.05) is 37.9 Å². The molecule has 1 aromatic heterocycles. The second-order valence-corrected chi connectivity index (χ2v) is 8.80. The van der Waals surface area contributed by atoms with Gasteiger partial charge in [-0.1, -0.05) is 0 Å².